The Hall–Kier alpha value is -3.86. The summed E-state index contributed by atoms with van der Waals surface area (Å²) in [4.78, 5) is 27.1. The molecule has 3 aliphatic heterocycles. The van der Waals surface area contributed by atoms with Crippen molar-refractivity contribution in [2.24, 2.45) is 0 Å². The van der Waals surface area contributed by atoms with Crippen molar-refractivity contribution >= 4 is 11.7 Å². The molecule has 3 aromatic carbocycles. The highest BCUT2D eigenvalue weighted by molar-refractivity contribution is 6.07. The van der Waals surface area contributed by atoms with Crippen LogP contribution in [0.3, 0.4) is 0 Å². The summed E-state index contributed by atoms with van der Waals surface area (Å²) in [7, 11) is 0. The van der Waals surface area contributed by atoms with Crippen molar-refractivity contribution in [1.29, 1.82) is 0 Å². The van der Waals surface area contributed by atoms with Crippen LogP contribution >= 0.6 is 0 Å². The number of carbonyl (C=O) groups excluding carboxylic acids is 2. The number of carbonyl (C=O) groups is 2. The maximum atomic E-state index is 14.5. The highest BCUT2D eigenvalue weighted by atomic mass is 16.6. The highest BCUT2D eigenvalue weighted by Crippen LogP contribution is 2.38. The number of aliphatic hydroxyl groups is 2. The number of ketones is 1. The Morgan fingerprint density at radius 3 is 2.39 bits per heavy atom. The summed E-state index contributed by atoms with van der Waals surface area (Å²) in [5.41, 5.74) is 2.72. The van der Waals surface area contributed by atoms with E-state index in [1.807, 2.05) is 78.9 Å². The summed E-state index contributed by atoms with van der Waals surface area (Å²) in [5.74, 6) is -0.586. The molecule has 6 atom stereocenters. The molecule has 0 radical (unpaired) electrons. The molecule has 230 valence electrons. The number of Topliss-reactive ketones (excluding diaryl/α,β-unsaturated/α-hetero) is 1. The van der Waals surface area contributed by atoms with E-state index in [0.29, 0.717) is 50.2 Å². The van der Waals surface area contributed by atoms with Crippen molar-refractivity contribution in [2.45, 2.75) is 61.8 Å². The summed E-state index contributed by atoms with van der Waals surface area (Å²) in [6.07, 6.45) is 0.670. The molecule has 0 saturated carbocycles. The number of rotatable bonds is 12. The Balaban J connectivity index is 1.27. The van der Waals surface area contributed by atoms with Crippen LogP contribution in [-0.2, 0) is 27.1 Å². The van der Waals surface area contributed by atoms with Crippen molar-refractivity contribution < 1.29 is 29.3 Å². The molecule has 6 rings (SSSR count). The van der Waals surface area contributed by atoms with Gasteiger partial charge < -0.3 is 30.3 Å². The van der Waals surface area contributed by atoms with Crippen LogP contribution in [0.1, 0.15) is 45.8 Å². The molecule has 2 unspecified atom stereocenters. The van der Waals surface area contributed by atoms with Gasteiger partial charge in [0.2, 0.25) is 6.41 Å². The van der Waals surface area contributed by atoms with Gasteiger partial charge in [-0.2, -0.15) is 0 Å². The van der Waals surface area contributed by atoms with Crippen molar-refractivity contribution in [3.63, 3.8) is 0 Å². The third-order valence-electron chi connectivity index (χ3n) is 8.86. The Morgan fingerprint density at radius 1 is 0.955 bits per heavy atom. The van der Waals surface area contributed by atoms with E-state index in [1.54, 1.807) is 12.3 Å². The maximum absolute atomic E-state index is 14.5. The van der Waals surface area contributed by atoms with Gasteiger partial charge in [-0.1, -0.05) is 78.9 Å². The highest BCUT2D eigenvalue weighted by Gasteiger charge is 2.48. The number of hydrogen-bond donors (Lipinski definition) is 5. The Morgan fingerprint density at radius 2 is 1.66 bits per heavy atom. The third-order valence-corrected chi connectivity index (χ3v) is 8.86. The molecule has 0 bridgehead atoms. The molecule has 3 aliphatic rings. The zero-order valence-electron chi connectivity index (χ0n) is 24.5. The lowest BCUT2D eigenvalue weighted by Gasteiger charge is -2.36. The van der Waals surface area contributed by atoms with Crippen molar-refractivity contribution in [1.82, 2.24) is 16.0 Å². The van der Waals surface area contributed by atoms with Crippen molar-refractivity contribution in [2.75, 3.05) is 19.8 Å². The van der Waals surface area contributed by atoms with Gasteiger partial charge in [0, 0.05) is 55.3 Å². The molecule has 3 heterocycles. The largest absolute Gasteiger partial charge is 0.391 e. The minimum Gasteiger partial charge on any atom is -0.391 e. The second kappa shape index (κ2) is 13.4. The number of fused-ring (bicyclic) bond motifs is 1. The van der Waals surface area contributed by atoms with E-state index in [-0.39, 0.29) is 30.1 Å². The number of nitrogens with one attached hydrogen (secondary N) is 3. The summed E-state index contributed by atoms with van der Waals surface area (Å²) in [6, 6.07) is 26.2. The maximum Gasteiger partial charge on any atom is 0.251 e. The minimum atomic E-state index is -1.32. The van der Waals surface area contributed by atoms with Crippen molar-refractivity contribution in [3.05, 3.63) is 119 Å². The van der Waals surface area contributed by atoms with E-state index in [1.165, 1.54) is 0 Å². The molecule has 1 amide bonds. The van der Waals surface area contributed by atoms with Gasteiger partial charge in [-0.25, -0.2) is 0 Å². The molecule has 3 aromatic rings. The number of benzene rings is 3. The molecule has 9 nitrogen and oxygen atoms in total. The van der Waals surface area contributed by atoms with Gasteiger partial charge in [-0.05, 0) is 35.6 Å². The van der Waals surface area contributed by atoms with E-state index in [2.05, 4.69) is 16.0 Å². The van der Waals surface area contributed by atoms with Crippen LogP contribution in [0.15, 0.2) is 96.7 Å². The van der Waals surface area contributed by atoms with Crippen LogP contribution in [0, 0.1) is 0 Å². The number of aliphatic hydroxyl groups excluding tert-OH is 2. The summed E-state index contributed by atoms with van der Waals surface area (Å²) in [5, 5.41) is 32.1. The first-order valence-corrected chi connectivity index (χ1v) is 15.2. The quantitative estimate of drug-likeness (QED) is 0.202. The van der Waals surface area contributed by atoms with E-state index in [0.717, 1.165) is 16.7 Å². The fraction of sp³-hybridized carbons (Fsp3) is 0.371. The Bertz CT molecular complexity index is 1480. The smallest absolute Gasteiger partial charge is 0.251 e. The predicted octanol–water partition coefficient (Wildman–Crippen LogP) is 2.58. The fourth-order valence-corrected chi connectivity index (χ4v) is 6.56. The van der Waals surface area contributed by atoms with Crippen LogP contribution in [0.2, 0.25) is 0 Å². The topological polar surface area (TPSA) is 129 Å². The first-order chi connectivity index (χ1) is 21.4. The molecule has 0 spiro atoms. The number of hydrogen-bond acceptors (Lipinski definition) is 8. The minimum absolute atomic E-state index is 0.0746. The predicted molar refractivity (Wildman–Crippen MR) is 165 cm³/mol. The van der Waals surface area contributed by atoms with Gasteiger partial charge in [0.15, 0.2) is 5.78 Å². The molecular weight excluding hydrogens is 558 g/mol. The van der Waals surface area contributed by atoms with Crippen LogP contribution in [0.5, 0.6) is 0 Å². The lowest BCUT2D eigenvalue weighted by atomic mass is 9.75. The lowest BCUT2D eigenvalue weighted by Crippen LogP contribution is -2.56. The molecule has 5 N–H and O–H groups in total. The second-order valence-electron chi connectivity index (χ2n) is 11.9. The second-order valence-corrected chi connectivity index (χ2v) is 11.9. The van der Waals surface area contributed by atoms with Crippen LogP contribution < -0.4 is 16.0 Å². The normalized spacial score (nSPS) is 25.0. The Kier molecular flexibility index (Phi) is 9.20. The Labute approximate surface area is 257 Å². The van der Waals surface area contributed by atoms with Gasteiger partial charge in [0.05, 0.1) is 18.8 Å². The van der Waals surface area contributed by atoms with Gasteiger partial charge in [0.25, 0.3) is 5.91 Å². The average Bonchev–Trinajstić information content (AvgIpc) is 3.66. The lowest BCUT2D eigenvalue weighted by molar-refractivity contribution is -0.163. The van der Waals surface area contributed by atoms with Crippen molar-refractivity contribution in [3.8, 4) is 0 Å². The SMILES string of the molecule is O=C1NCC(C2=CN[C@@](Cc3ccccc3)(C[C@H](O)[C@H](Cc3ccccc3)NC(O)O[C@H]3CCOC3)C2=O)c2ccccc21. The van der Waals surface area contributed by atoms with Gasteiger partial charge in [-0.3, -0.25) is 14.9 Å². The van der Waals surface area contributed by atoms with E-state index in [4.69, 9.17) is 9.47 Å². The summed E-state index contributed by atoms with van der Waals surface area (Å²) >= 11 is 0. The average molecular weight is 598 g/mol. The van der Waals surface area contributed by atoms with Crippen LogP contribution in [0.25, 0.3) is 0 Å². The number of ether oxygens (including phenoxy) is 2. The van der Waals surface area contributed by atoms with E-state index in [9.17, 15) is 19.8 Å². The molecule has 9 heteroatoms. The molecule has 1 saturated heterocycles. The number of amides is 1. The van der Waals surface area contributed by atoms with Gasteiger partial charge in [0.1, 0.15) is 5.54 Å². The first-order valence-electron chi connectivity index (χ1n) is 15.2. The van der Waals surface area contributed by atoms with Crippen LogP contribution in [0.4, 0.5) is 0 Å². The molecular formula is C35H39N3O6. The monoisotopic (exact) mass is 597 g/mol. The van der Waals surface area contributed by atoms with Gasteiger partial charge >= 0.3 is 0 Å². The standard InChI is InChI=1S/C35H39N3O6/c39-31(30(17-23-9-3-1-4-10-23)38-34(42)44-25-15-16-43-22-25)19-35(18-24-11-5-2-6-12-24)32(40)29(21-37-35)28-20-36-33(41)27-14-8-7-13-26(27)28/h1-14,21,25,28,30-31,34,37-39,42H,15-20,22H2,(H,36,41)/t25-,28?,30-,31-,34?,35-/m0/s1. The summed E-state index contributed by atoms with van der Waals surface area (Å²) < 4.78 is 11.1. The fourth-order valence-electron chi connectivity index (χ4n) is 6.56. The molecule has 1 fully saturated rings. The first kappa shape index (κ1) is 30.2. The van der Waals surface area contributed by atoms with Crippen LogP contribution in [-0.4, -0.2) is 71.9 Å². The summed E-state index contributed by atoms with van der Waals surface area (Å²) in [6.45, 7) is 1.29. The zero-order valence-corrected chi connectivity index (χ0v) is 24.5. The molecule has 0 aliphatic carbocycles. The van der Waals surface area contributed by atoms with Gasteiger partial charge in [-0.15, -0.1) is 0 Å². The third kappa shape index (κ3) is 6.62. The van der Waals surface area contributed by atoms with E-state index >= 15 is 0 Å². The molecule has 0 aromatic heterocycles. The zero-order chi connectivity index (χ0) is 30.5. The van der Waals surface area contributed by atoms with E-state index < -0.39 is 24.1 Å². The molecule has 44 heavy (non-hydrogen) atoms.